The van der Waals surface area contributed by atoms with Crippen molar-refractivity contribution in [3.63, 3.8) is 0 Å². The van der Waals surface area contributed by atoms with Crippen molar-refractivity contribution in [2.24, 2.45) is 0 Å². The largest absolute Gasteiger partial charge is 0.497 e. The number of halogens is 3. The summed E-state index contributed by atoms with van der Waals surface area (Å²) >= 11 is 5.84. The lowest BCUT2D eigenvalue weighted by atomic mass is 10.1. The highest BCUT2D eigenvalue weighted by Gasteiger charge is 2.21. The molecule has 0 aromatic heterocycles. The summed E-state index contributed by atoms with van der Waals surface area (Å²) in [6.45, 7) is 0.308. The minimum absolute atomic E-state index is 0.0288. The summed E-state index contributed by atoms with van der Waals surface area (Å²) in [5, 5.41) is 2.60. The zero-order valence-electron chi connectivity index (χ0n) is 14.2. The minimum Gasteiger partial charge on any atom is -0.497 e. The molecule has 2 aromatic carbocycles. The number of methoxy groups -OCH3 is 1. The van der Waals surface area contributed by atoms with Crippen LogP contribution in [0, 0.1) is 11.6 Å². The van der Waals surface area contributed by atoms with Gasteiger partial charge < -0.3 is 15.0 Å². The predicted octanol–water partition coefficient (Wildman–Crippen LogP) is 2.24. The van der Waals surface area contributed by atoms with Crippen LogP contribution in [0.2, 0.25) is 5.02 Å². The predicted molar refractivity (Wildman–Crippen MR) is 92.2 cm³/mol. The molecule has 1 amide bonds. The molecule has 2 aromatic rings. The fourth-order valence-corrected chi connectivity index (χ4v) is 2.71. The van der Waals surface area contributed by atoms with Gasteiger partial charge in [0.05, 0.1) is 38.3 Å². The van der Waals surface area contributed by atoms with Crippen molar-refractivity contribution in [3.05, 3.63) is 64.2 Å². The lowest BCUT2D eigenvalue weighted by Crippen LogP contribution is -3.07. The first-order valence-electron chi connectivity index (χ1n) is 7.70. The third-order valence-electron chi connectivity index (χ3n) is 3.94. The van der Waals surface area contributed by atoms with E-state index in [2.05, 4.69) is 5.32 Å². The molecule has 0 saturated heterocycles. The number of hydrogen-bond donors (Lipinski definition) is 2. The van der Waals surface area contributed by atoms with Crippen molar-refractivity contribution >= 4 is 17.5 Å². The average Bonchev–Trinajstić information content (AvgIpc) is 2.58. The van der Waals surface area contributed by atoms with Crippen molar-refractivity contribution in [2.45, 2.75) is 6.04 Å². The molecule has 0 spiro atoms. The molecule has 0 fully saturated rings. The van der Waals surface area contributed by atoms with E-state index in [0.29, 0.717) is 6.54 Å². The second-order valence-corrected chi connectivity index (χ2v) is 6.27. The molecule has 0 heterocycles. The maximum Gasteiger partial charge on any atom is 0.253 e. The van der Waals surface area contributed by atoms with Gasteiger partial charge in [-0.2, -0.15) is 0 Å². The number of hydrogen-bond acceptors (Lipinski definition) is 2. The fourth-order valence-electron chi connectivity index (χ4n) is 2.48. The third kappa shape index (κ3) is 4.67. The third-order valence-corrected chi connectivity index (χ3v) is 4.25. The Hall–Kier alpha value is -2.18. The van der Waals surface area contributed by atoms with E-state index in [0.717, 1.165) is 28.3 Å². The first kappa shape index (κ1) is 19.1. The number of ether oxygens (including phenoxy) is 1. The topological polar surface area (TPSA) is 42.8 Å². The number of amides is 1. The summed E-state index contributed by atoms with van der Waals surface area (Å²) in [4.78, 5) is 13.4. The summed E-state index contributed by atoms with van der Waals surface area (Å²) in [5.74, 6) is -2.01. The number of nitrogens with one attached hydrogen (secondary N) is 2. The van der Waals surface area contributed by atoms with E-state index >= 15 is 0 Å². The van der Waals surface area contributed by atoms with Crippen LogP contribution in [0.15, 0.2) is 36.4 Å². The summed E-state index contributed by atoms with van der Waals surface area (Å²) in [6, 6.07) is 9.11. The smallest absolute Gasteiger partial charge is 0.253 e. The van der Waals surface area contributed by atoms with Crippen LogP contribution in [-0.2, 0) is 0 Å². The van der Waals surface area contributed by atoms with Crippen LogP contribution in [0.3, 0.4) is 0 Å². The Bertz CT molecular complexity index is 751. The Morgan fingerprint density at radius 1 is 1.20 bits per heavy atom. The maximum atomic E-state index is 13.4. The van der Waals surface area contributed by atoms with Gasteiger partial charge in [0, 0.05) is 5.56 Å². The van der Waals surface area contributed by atoms with Crippen molar-refractivity contribution in [2.75, 3.05) is 27.7 Å². The second kappa shape index (κ2) is 8.27. The fraction of sp³-hybridized carbons (Fsp3) is 0.278. The van der Waals surface area contributed by atoms with E-state index < -0.39 is 17.5 Å². The van der Waals surface area contributed by atoms with Crippen LogP contribution >= 0.6 is 11.6 Å². The van der Waals surface area contributed by atoms with Gasteiger partial charge in [0.15, 0.2) is 11.6 Å². The summed E-state index contributed by atoms with van der Waals surface area (Å²) in [6.07, 6.45) is 0. The molecule has 25 heavy (non-hydrogen) atoms. The lowest BCUT2D eigenvalue weighted by Gasteiger charge is -2.22. The number of likely N-dealkylation sites (N-methyl/N-ethyl adjacent to an activating group) is 1. The summed E-state index contributed by atoms with van der Waals surface area (Å²) < 4.78 is 31.6. The van der Waals surface area contributed by atoms with Gasteiger partial charge in [-0.3, -0.25) is 4.79 Å². The Morgan fingerprint density at radius 2 is 1.80 bits per heavy atom. The molecule has 1 atom stereocenters. The van der Waals surface area contributed by atoms with Crippen molar-refractivity contribution < 1.29 is 23.2 Å². The Morgan fingerprint density at radius 3 is 2.36 bits per heavy atom. The van der Waals surface area contributed by atoms with Gasteiger partial charge >= 0.3 is 0 Å². The monoisotopic (exact) mass is 369 g/mol. The number of quaternary nitrogens is 1. The van der Waals surface area contributed by atoms with E-state index in [1.165, 1.54) is 0 Å². The molecule has 0 saturated carbocycles. The van der Waals surface area contributed by atoms with Crippen molar-refractivity contribution in [3.8, 4) is 5.75 Å². The molecule has 2 N–H and O–H groups in total. The minimum atomic E-state index is -1.11. The van der Waals surface area contributed by atoms with Gasteiger partial charge in [0.1, 0.15) is 11.8 Å². The molecule has 0 aliphatic rings. The first-order valence-corrected chi connectivity index (χ1v) is 8.08. The van der Waals surface area contributed by atoms with E-state index in [1.807, 2.05) is 38.4 Å². The maximum absolute atomic E-state index is 13.4. The van der Waals surface area contributed by atoms with Gasteiger partial charge in [-0.05, 0) is 36.4 Å². The lowest BCUT2D eigenvalue weighted by molar-refractivity contribution is -0.890. The molecule has 0 aliphatic carbocycles. The molecule has 4 nitrogen and oxygen atoms in total. The van der Waals surface area contributed by atoms with E-state index in [9.17, 15) is 13.6 Å². The molecule has 0 unspecified atom stereocenters. The molecule has 0 bridgehead atoms. The van der Waals surface area contributed by atoms with Gasteiger partial charge in [-0.25, -0.2) is 8.78 Å². The SMILES string of the molecule is COc1ccc([C@@H](CNC(=O)c2cc(F)c(F)cc2Cl)[NH+](C)C)cc1. The Kier molecular flexibility index (Phi) is 6.33. The van der Waals surface area contributed by atoms with E-state index in [4.69, 9.17) is 16.3 Å². The highest BCUT2D eigenvalue weighted by Crippen LogP contribution is 2.20. The van der Waals surface area contributed by atoms with Gasteiger partial charge in [0.25, 0.3) is 5.91 Å². The number of carbonyl (C=O) groups is 1. The molecule has 0 radical (unpaired) electrons. The van der Waals surface area contributed by atoms with E-state index in [-0.39, 0.29) is 16.6 Å². The normalized spacial score (nSPS) is 12.1. The van der Waals surface area contributed by atoms with Gasteiger partial charge in [-0.15, -0.1) is 0 Å². The highest BCUT2D eigenvalue weighted by atomic mass is 35.5. The molecular weight excluding hydrogens is 350 g/mol. The van der Waals surface area contributed by atoms with Crippen LogP contribution in [-0.4, -0.2) is 33.7 Å². The van der Waals surface area contributed by atoms with Crippen LogP contribution in [0.4, 0.5) is 8.78 Å². The van der Waals surface area contributed by atoms with E-state index in [1.54, 1.807) is 7.11 Å². The van der Waals surface area contributed by atoms with Gasteiger partial charge in [-0.1, -0.05) is 11.6 Å². The van der Waals surface area contributed by atoms with Crippen LogP contribution in [0.5, 0.6) is 5.75 Å². The van der Waals surface area contributed by atoms with Crippen LogP contribution in [0.1, 0.15) is 22.0 Å². The Labute approximate surface area is 150 Å². The van der Waals surface area contributed by atoms with Crippen molar-refractivity contribution in [1.29, 1.82) is 0 Å². The molecule has 2 rings (SSSR count). The van der Waals surface area contributed by atoms with Gasteiger partial charge in [0.2, 0.25) is 0 Å². The number of benzene rings is 2. The highest BCUT2D eigenvalue weighted by molar-refractivity contribution is 6.33. The quantitative estimate of drug-likeness (QED) is 0.767. The molecular formula is C18H20ClF2N2O2+. The van der Waals surface area contributed by atoms with Crippen LogP contribution in [0.25, 0.3) is 0 Å². The molecule has 0 aliphatic heterocycles. The zero-order chi connectivity index (χ0) is 18.6. The summed E-state index contributed by atoms with van der Waals surface area (Å²) in [7, 11) is 5.52. The molecule has 134 valence electrons. The Balaban J connectivity index is 2.13. The number of rotatable bonds is 6. The summed E-state index contributed by atoms with van der Waals surface area (Å²) in [5.41, 5.74) is 0.917. The molecule has 7 heteroatoms. The zero-order valence-corrected chi connectivity index (χ0v) is 15.0. The first-order chi connectivity index (χ1) is 11.8. The second-order valence-electron chi connectivity index (χ2n) is 5.86. The standard InChI is InChI=1S/C18H19ClF2N2O2/c1-23(2)17(11-4-6-12(25-3)7-5-11)10-22-18(24)13-8-15(20)16(21)9-14(13)19/h4-9,17H,10H2,1-3H3,(H,22,24)/p+1/t17-/m1/s1. The van der Waals surface area contributed by atoms with Crippen LogP contribution < -0.4 is 15.0 Å². The number of carbonyl (C=O) groups excluding carboxylic acids is 1. The van der Waals surface area contributed by atoms with Crippen molar-refractivity contribution in [1.82, 2.24) is 5.32 Å². The average molecular weight is 370 g/mol.